The van der Waals surface area contributed by atoms with Gasteiger partial charge in [-0.3, -0.25) is 4.79 Å². The summed E-state index contributed by atoms with van der Waals surface area (Å²) in [4.78, 5) is 13.1. The molecular weight excluding hydrogens is 911 g/mol. The maximum Gasteiger partial charge on any atom is 0.220 e. The molecule has 0 spiro atoms. The summed E-state index contributed by atoms with van der Waals surface area (Å²) in [5, 5.41) is 54.6. The number of aliphatic hydroxyl groups excluding tert-OH is 5. The van der Waals surface area contributed by atoms with Crippen molar-refractivity contribution in [3.8, 4) is 0 Å². The fourth-order valence-electron chi connectivity index (χ4n) is 10.2. The molecule has 1 amide bonds. The second-order valence-electron chi connectivity index (χ2n) is 22.2. The fraction of sp³-hybridized carbons (Fsp3) is 0.891. The van der Waals surface area contributed by atoms with Gasteiger partial charge in [0, 0.05) is 6.42 Å². The number of hydrogen-bond donors (Lipinski definition) is 6. The molecule has 7 atom stereocenters. The maximum atomic E-state index is 13.1. The zero-order valence-corrected chi connectivity index (χ0v) is 47.9. The molecule has 7 unspecified atom stereocenters. The summed E-state index contributed by atoms with van der Waals surface area (Å²) in [5.41, 5.74) is 0. The Morgan fingerprint density at radius 2 is 0.808 bits per heavy atom. The van der Waals surface area contributed by atoms with Crippen LogP contribution in [-0.4, -0.2) is 87.5 Å². The van der Waals surface area contributed by atoms with Crippen LogP contribution in [0, 0.1) is 0 Å². The first-order chi connectivity index (χ1) is 35.8. The number of nitrogens with one attached hydrogen (secondary N) is 1. The third-order valence-electron chi connectivity index (χ3n) is 15.2. The molecular formula is C64H121NO8. The topological polar surface area (TPSA) is 149 Å². The molecule has 9 nitrogen and oxygen atoms in total. The van der Waals surface area contributed by atoms with Gasteiger partial charge in [-0.2, -0.15) is 0 Å². The number of hydrogen-bond acceptors (Lipinski definition) is 8. The minimum Gasteiger partial charge on any atom is -0.394 e. The highest BCUT2D eigenvalue weighted by Crippen LogP contribution is 2.23. The molecule has 1 saturated heterocycles. The first-order valence-corrected chi connectivity index (χ1v) is 31.7. The SMILES string of the molecule is CCCCCCCCCCC/C=C\C/C=C\CCCCCCCCCCCC(=O)NC(COC1OC(CO)C(O)C(O)C1O)C(O)/C=C/CCCCCCCCCCCCCCCCCCCCCCCCC. The van der Waals surface area contributed by atoms with Crippen LogP contribution in [0.15, 0.2) is 36.5 Å². The normalized spacial score (nSPS) is 19.2. The highest BCUT2D eigenvalue weighted by Gasteiger charge is 2.44. The van der Waals surface area contributed by atoms with Crippen molar-refractivity contribution in [1.82, 2.24) is 5.32 Å². The van der Waals surface area contributed by atoms with Crippen molar-refractivity contribution in [3.63, 3.8) is 0 Å². The Hall–Kier alpha value is -1.59. The highest BCUT2D eigenvalue weighted by atomic mass is 16.7. The van der Waals surface area contributed by atoms with Crippen LogP contribution in [0.3, 0.4) is 0 Å². The molecule has 0 saturated carbocycles. The first-order valence-electron chi connectivity index (χ1n) is 31.7. The molecule has 1 aliphatic rings. The highest BCUT2D eigenvalue weighted by molar-refractivity contribution is 5.76. The summed E-state index contributed by atoms with van der Waals surface area (Å²) in [6.07, 6.45) is 63.6. The summed E-state index contributed by atoms with van der Waals surface area (Å²) < 4.78 is 11.3. The average molecular weight is 1030 g/mol. The molecule has 0 bridgehead atoms. The Bertz CT molecular complexity index is 1240. The van der Waals surface area contributed by atoms with E-state index in [1.165, 1.54) is 244 Å². The molecule has 6 N–H and O–H groups in total. The van der Waals surface area contributed by atoms with E-state index >= 15 is 0 Å². The molecule has 73 heavy (non-hydrogen) atoms. The number of ether oxygens (including phenoxy) is 2. The maximum absolute atomic E-state index is 13.1. The van der Waals surface area contributed by atoms with Crippen LogP contribution < -0.4 is 5.32 Å². The number of carbonyl (C=O) groups excluding carboxylic acids is 1. The van der Waals surface area contributed by atoms with Crippen LogP contribution in [-0.2, 0) is 14.3 Å². The molecule has 1 aliphatic heterocycles. The monoisotopic (exact) mass is 1030 g/mol. The molecule has 0 aromatic carbocycles. The predicted molar refractivity (Wildman–Crippen MR) is 309 cm³/mol. The molecule has 1 fully saturated rings. The number of allylic oxidation sites excluding steroid dienone is 5. The molecule has 9 heteroatoms. The van der Waals surface area contributed by atoms with Gasteiger partial charge in [-0.15, -0.1) is 0 Å². The third kappa shape index (κ3) is 43.1. The lowest BCUT2D eigenvalue weighted by Crippen LogP contribution is -2.60. The van der Waals surface area contributed by atoms with Crippen molar-refractivity contribution in [2.24, 2.45) is 0 Å². The van der Waals surface area contributed by atoms with E-state index < -0.39 is 49.5 Å². The molecule has 0 aromatic rings. The zero-order valence-electron chi connectivity index (χ0n) is 47.9. The van der Waals surface area contributed by atoms with Crippen molar-refractivity contribution < 1.29 is 39.8 Å². The molecule has 0 radical (unpaired) electrons. The largest absolute Gasteiger partial charge is 0.394 e. The van der Waals surface area contributed by atoms with Gasteiger partial charge in [0.2, 0.25) is 5.91 Å². The molecule has 1 heterocycles. The summed E-state index contributed by atoms with van der Waals surface area (Å²) >= 11 is 0. The van der Waals surface area contributed by atoms with E-state index in [0.717, 1.165) is 44.9 Å². The minimum atomic E-state index is -1.57. The summed E-state index contributed by atoms with van der Waals surface area (Å²) in [5.74, 6) is -0.177. The van der Waals surface area contributed by atoms with Gasteiger partial charge in [0.15, 0.2) is 6.29 Å². The summed E-state index contributed by atoms with van der Waals surface area (Å²) in [6, 6.07) is -0.808. The summed E-state index contributed by atoms with van der Waals surface area (Å²) in [7, 11) is 0. The predicted octanol–water partition coefficient (Wildman–Crippen LogP) is 16.3. The number of carbonyl (C=O) groups is 1. The van der Waals surface area contributed by atoms with Gasteiger partial charge >= 0.3 is 0 Å². The van der Waals surface area contributed by atoms with E-state index in [2.05, 4.69) is 43.5 Å². The van der Waals surface area contributed by atoms with Crippen molar-refractivity contribution >= 4 is 5.91 Å². The van der Waals surface area contributed by atoms with Gasteiger partial charge in [-0.25, -0.2) is 0 Å². The van der Waals surface area contributed by atoms with Gasteiger partial charge in [0.25, 0.3) is 0 Å². The quantitative estimate of drug-likeness (QED) is 0.0261. The van der Waals surface area contributed by atoms with E-state index in [9.17, 15) is 30.3 Å². The number of unbranched alkanes of at least 4 members (excludes halogenated alkanes) is 41. The van der Waals surface area contributed by atoms with Gasteiger partial charge in [0.1, 0.15) is 24.4 Å². The molecule has 0 aliphatic carbocycles. The zero-order chi connectivity index (χ0) is 52.9. The first kappa shape index (κ1) is 69.4. The van der Waals surface area contributed by atoms with Gasteiger partial charge < -0.3 is 40.3 Å². The number of rotatable bonds is 55. The van der Waals surface area contributed by atoms with E-state index in [4.69, 9.17) is 9.47 Å². The molecule has 0 aromatic heterocycles. The molecule has 1 rings (SSSR count). The van der Waals surface area contributed by atoms with Crippen molar-refractivity contribution in [3.05, 3.63) is 36.5 Å². The third-order valence-corrected chi connectivity index (χ3v) is 15.2. The van der Waals surface area contributed by atoms with Gasteiger partial charge in [-0.05, 0) is 51.4 Å². The standard InChI is InChI=1S/C64H121NO8/c1-3-5-7-9-11-13-15-17-19-21-23-25-27-29-31-33-35-37-39-41-43-45-47-49-51-53-58(67)57(56-72-64-63(71)62(70)61(69)59(55-66)73-64)65-60(68)54-52-50-48-46-44-42-40-38-36-34-32-30-28-26-24-22-20-18-16-14-12-10-8-6-4-2/h24,26,30,32,51,53,57-59,61-64,66-67,69-71H,3-23,25,27-29,31,33-50,52,54-56H2,1-2H3,(H,65,68)/b26-24-,32-30-,53-51+. The lowest BCUT2D eigenvalue weighted by Gasteiger charge is -2.40. The Balaban J connectivity index is 2.19. The Labute approximate surface area is 451 Å². The van der Waals surface area contributed by atoms with E-state index in [0.29, 0.717) is 6.42 Å². The van der Waals surface area contributed by atoms with Gasteiger partial charge in [0.05, 0.1) is 25.4 Å². The van der Waals surface area contributed by atoms with Gasteiger partial charge in [-0.1, -0.05) is 288 Å². The van der Waals surface area contributed by atoms with E-state index in [1.807, 2.05) is 6.08 Å². The molecule has 430 valence electrons. The fourth-order valence-corrected chi connectivity index (χ4v) is 10.2. The van der Waals surface area contributed by atoms with Crippen molar-refractivity contribution in [1.29, 1.82) is 0 Å². The van der Waals surface area contributed by atoms with E-state index in [-0.39, 0.29) is 12.5 Å². The summed E-state index contributed by atoms with van der Waals surface area (Å²) in [6.45, 7) is 3.82. The Morgan fingerprint density at radius 3 is 1.18 bits per heavy atom. The van der Waals surface area contributed by atoms with Crippen LogP contribution in [0.2, 0.25) is 0 Å². The minimum absolute atomic E-state index is 0.177. The Kier molecular flexibility index (Phi) is 51.2. The van der Waals surface area contributed by atoms with Crippen LogP contribution in [0.1, 0.15) is 309 Å². The van der Waals surface area contributed by atoms with Crippen LogP contribution in [0.25, 0.3) is 0 Å². The lowest BCUT2D eigenvalue weighted by molar-refractivity contribution is -0.302. The second-order valence-corrected chi connectivity index (χ2v) is 22.2. The van der Waals surface area contributed by atoms with Crippen molar-refractivity contribution in [2.45, 2.75) is 352 Å². The van der Waals surface area contributed by atoms with Crippen LogP contribution in [0.5, 0.6) is 0 Å². The number of aliphatic hydroxyl groups is 5. The lowest BCUT2D eigenvalue weighted by atomic mass is 9.99. The second kappa shape index (κ2) is 53.8. The average Bonchev–Trinajstić information content (AvgIpc) is 3.39. The number of amides is 1. The van der Waals surface area contributed by atoms with E-state index in [1.54, 1.807) is 6.08 Å². The van der Waals surface area contributed by atoms with Crippen LogP contribution in [0.4, 0.5) is 0 Å². The Morgan fingerprint density at radius 1 is 0.466 bits per heavy atom. The van der Waals surface area contributed by atoms with Crippen LogP contribution >= 0.6 is 0 Å². The smallest absolute Gasteiger partial charge is 0.220 e. The van der Waals surface area contributed by atoms with Crippen molar-refractivity contribution in [2.75, 3.05) is 13.2 Å².